The molecule has 0 bridgehead atoms. The molecule has 1 amide bonds. The van der Waals surface area contributed by atoms with E-state index in [4.69, 9.17) is 5.21 Å². The first-order chi connectivity index (χ1) is 12.2. The van der Waals surface area contributed by atoms with E-state index >= 15 is 0 Å². The SMILES string of the molecule is O=C(NO)c1ccc2ccn(Cc3nc4ccccc4s3)c(=O)c2c1. The molecule has 7 heteroatoms. The van der Waals surface area contributed by atoms with Crippen molar-refractivity contribution >= 4 is 38.2 Å². The topological polar surface area (TPSA) is 84.2 Å². The number of hydrogen-bond donors (Lipinski definition) is 2. The van der Waals surface area contributed by atoms with E-state index in [1.165, 1.54) is 6.07 Å². The number of hydrogen-bond acceptors (Lipinski definition) is 5. The minimum absolute atomic E-state index is 0.204. The Morgan fingerprint density at radius 1 is 1.20 bits per heavy atom. The van der Waals surface area contributed by atoms with Crippen LogP contribution in [-0.4, -0.2) is 20.7 Å². The molecule has 0 fully saturated rings. The number of rotatable bonds is 3. The molecule has 0 spiro atoms. The number of carbonyl (C=O) groups is 1. The van der Waals surface area contributed by atoms with Gasteiger partial charge in [0.15, 0.2) is 0 Å². The molecule has 0 unspecified atom stereocenters. The number of carbonyl (C=O) groups excluding carboxylic acids is 1. The van der Waals surface area contributed by atoms with Crippen molar-refractivity contribution in [2.75, 3.05) is 0 Å². The predicted molar refractivity (Wildman–Crippen MR) is 96.2 cm³/mol. The summed E-state index contributed by atoms with van der Waals surface area (Å²) in [6.07, 6.45) is 1.72. The summed E-state index contributed by atoms with van der Waals surface area (Å²) in [6.45, 7) is 0.366. The van der Waals surface area contributed by atoms with Crippen LogP contribution in [0.3, 0.4) is 0 Å². The first kappa shape index (κ1) is 15.5. The average molecular weight is 351 g/mol. The van der Waals surface area contributed by atoms with Crippen molar-refractivity contribution in [3.8, 4) is 0 Å². The van der Waals surface area contributed by atoms with E-state index in [-0.39, 0.29) is 11.1 Å². The number of para-hydroxylation sites is 1. The lowest BCUT2D eigenvalue weighted by atomic mass is 10.1. The Morgan fingerprint density at radius 3 is 2.84 bits per heavy atom. The second-order valence-electron chi connectivity index (χ2n) is 5.57. The van der Waals surface area contributed by atoms with Gasteiger partial charge in [-0.1, -0.05) is 18.2 Å². The standard InChI is InChI=1S/C18H13N3O3S/c22-17(20-24)12-6-5-11-7-8-21(18(23)13(11)9-12)10-16-19-14-3-1-2-4-15(14)25-16/h1-9,24H,10H2,(H,20,22). The second kappa shape index (κ2) is 6.12. The molecule has 4 aromatic rings. The van der Waals surface area contributed by atoms with Crippen molar-refractivity contribution in [1.29, 1.82) is 0 Å². The Balaban J connectivity index is 1.77. The third-order valence-corrected chi connectivity index (χ3v) is 5.01. The number of nitrogens with one attached hydrogen (secondary N) is 1. The summed E-state index contributed by atoms with van der Waals surface area (Å²) in [7, 11) is 0. The maximum absolute atomic E-state index is 12.8. The summed E-state index contributed by atoms with van der Waals surface area (Å²) in [5.74, 6) is -0.650. The Hall–Kier alpha value is -3.03. The van der Waals surface area contributed by atoms with Gasteiger partial charge in [0, 0.05) is 17.1 Å². The highest BCUT2D eigenvalue weighted by atomic mass is 32.1. The number of aromatic nitrogens is 2. The van der Waals surface area contributed by atoms with Crippen LogP contribution in [0.15, 0.2) is 59.5 Å². The smallest absolute Gasteiger partial charge is 0.274 e. The zero-order valence-corrected chi connectivity index (χ0v) is 13.8. The number of thiazole rings is 1. The van der Waals surface area contributed by atoms with Crippen molar-refractivity contribution in [2.45, 2.75) is 6.54 Å². The summed E-state index contributed by atoms with van der Waals surface area (Å²) in [4.78, 5) is 28.9. The molecule has 2 aromatic heterocycles. The van der Waals surface area contributed by atoms with E-state index in [9.17, 15) is 9.59 Å². The summed E-state index contributed by atoms with van der Waals surface area (Å²) in [6, 6.07) is 14.4. The third-order valence-electron chi connectivity index (χ3n) is 3.99. The quantitative estimate of drug-likeness (QED) is 0.439. The summed E-state index contributed by atoms with van der Waals surface area (Å²) < 4.78 is 2.65. The summed E-state index contributed by atoms with van der Waals surface area (Å²) >= 11 is 1.55. The van der Waals surface area contributed by atoms with Crippen molar-refractivity contribution in [3.05, 3.63) is 75.7 Å². The number of pyridine rings is 1. The van der Waals surface area contributed by atoms with Crippen LogP contribution in [0.5, 0.6) is 0 Å². The van der Waals surface area contributed by atoms with Crippen molar-refractivity contribution < 1.29 is 10.0 Å². The van der Waals surface area contributed by atoms with E-state index in [1.54, 1.807) is 39.7 Å². The number of fused-ring (bicyclic) bond motifs is 2. The molecule has 25 heavy (non-hydrogen) atoms. The minimum atomic E-state index is -0.650. The molecular formula is C18H13N3O3S. The van der Waals surface area contributed by atoms with E-state index in [1.807, 2.05) is 30.3 Å². The zero-order valence-electron chi connectivity index (χ0n) is 13.0. The monoisotopic (exact) mass is 351 g/mol. The van der Waals surface area contributed by atoms with Gasteiger partial charge in [0.05, 0.1) is 16.8 Å². The number of nitrogens with zero attached hydrogens (tertiary/aromatic N) is 2. The molecular weight excluding hydrogens is 338 g/mol. The van der Waals surface area contributed by atoms with Gasteiger partial charge in [0.25, 0.3) is 11.5 Å². The summed E-state index contributed by atoms with van der Waals surface area (Å²) in [5, 5.41) is 10.8. The maximum atomic E-state index is 12.8. The first-order valence-corrected chi connectivity index (χ1v) is 8.39. The molecule has 2 heterocycles. The molecule has 0 aliphatic rings. The normalized spacial score (nSPS) is 11.1. The van der Waals surface area contributed by atoms with Gasteiger partial charge in [-0.3, -0.25) is 14.8 Å². The van der Waals surface area contributed by atoms with Gasteiger partial charge in [-0.15, -0.1) is 11.3 Å². The molecule has 2 N–H and O–H groups in total. The van der Waals surface area contributed by atoms with Gasteiger partial charge in [0.2, 0.25) is 0 Å². The van der Waals surface area contributed by atoms with Gasteiger partial charge in [-0.05, 0) is 35.7 Å². The fourth-order valence-electron chi connectivity index (χ4n) is 2.74. The number of amides is 1. The average Bonchev–Trinajstić information content (AvgIpc) is 3.05. The van der Waals surface area contributed by atoms with E-state index in [0.717, 1.165) is 20.6 Å². The van der Waals surface area contributed by atoms with Gasteiger partial charge in [0.1, 0.15) is 5.01 Å². The lowest BCUT2D eigenvalue weighted by Crippen LogP contribution is -2.22. The Kier molecular flexibility index (Phi) is 3.79. The molecule has 0 aliphatic carbocycles. The summed E-state index contributed by atoms with van der Waals surface area (Å²) in [5.41, 5.74) is 2.52. The zero-order chi connectivity index (χ0) is 17.4. The second-order valence-corrected chi connectivity index (χ2v) is 6.68. The highest BCUT2D eigenvalue weighted by molar-refractivity contribution is 7.18. The largest absolute Gasteiger partial charge is 0.308 e. The lowest BCUT2D eigenvalue weighted by Gasteiger charge is -2.06. The molecule has 4 rings (SSSR count). The molecule has 0 aliphatic heterocycles. The van der Waals surface area contributed by atoms with E-state index in [2.05, 4.69) is 4.98 Å². The van der Waals surface area contributed by atoms with Gasteiger partial charge in [-0.25, -0.2) is 10.5 Å². The maximum Gasteiger partial charge on any atom is 0.274 e. The van der Waals surface area contributed by atoms with Crippen molar-refractivity contribution in [2.24, 2.45) is 0 Å². The third kappa shape index (κ3) is 2.79. The van der Waals surface area contributed by atoms with Crippen LogP contribution in [0.2, 0.25) is 0 Å². The molecule has 0 saturated carbocycles. The molecule has 0 atom stereocenters. The van der Waals surface area contributed by atoms with Crippen LogP contribution >= 0.6 is 11.3 Å². The van der Waals surface area contributed by atoms with Gasteiger partial charge < -0.3 is 4.57 Å². The van der Waals surface area contributed by atoms with E-state index in [0.29, 0.717) is 11.9 Å². The Labute approximate surface area is 145 Å². The highest BCUT2D eigenvalue weighted by Crippen LogP contribution is 2.22. The Morgan fingerprint density at radius 2 is 2.04 bits per heavy atom. The highest BCUT2D eigenvalue weighted by Gasteiger charge is 2.10. The van der Waals surface area contributed by atoms with Crippen LogP contribution in [0.4, 0.5) is 0 Å². The van der Waals surface area contributed by atoms with Gasteiger partial charge in [-0.2, -0.15) is 0 Å². The molecule has 124 valence electrons. The van der Waals surface area contributed by atoms with Crippen LogP contribution in [0.25, 0.3) is 21.0 Å². The van der Waals surface area contributed by atoms with Crippen LogP contribution < -0.4 is 11.0 Å². The van der Waals surface area contributed by atoms with Gasteiger partial charge >= 0.3 is 0 Å². The fraction of sp³-hybridized carbons (Fsp3) is 0.0556. The fourth-order valence-corrected chi connectivity index (χ4v) is 3.71. The van der Waals surface area contributed by atoms with Crippen molar-refractivity contribution in [3.63, 3.8) is 0 Å². The Bertz CT molecular complexity index is 1130. The van der Waals surface area contributed by atoms with Crippen LogP contribution in [0, 0.1) is 0 Å². The van der Waals surface area contributed by atoms with Crippen LogP contribution in [-0.2, 0) is 6.54 Å². The molecule has 2 aromatic carbocycles. The van der Waals surface area contributed by atoms with E-state index < -0.39 is 5.91 Å². The lowest BCUT2D eigenvalue weighted by molar-refractivity contribution is 0.0706. The number of hydroxylamine groups is 1. The van der Waals surface area contributed by atoms with Crippen LogP contribution in [0.1, 0.15) is 15.4 Å². The predicted octanol–water partition coefficient (Wildman–Crippen LogP) is 2.78. The minimum Gasteiger partial charge on any atom is -0.308 e. The van der Waals surface area contributed by atoms with Crippen molar-refractivity contribution in [1.82, 2.24) is 15.0 Å². The molecule has 0 saturated heterocycles. The first-order valence-electron chi connectivity index (χ1n) is 7.58. The number of benzene rings is 2. The molecule has 6 nitrogen and oxygen atoms in total. The molecule has 0 radical (unpaired) electrons.